The Hall–Kier alpha value is -1.85. The fraction of sp³-hybridized carbons (Fsp3) is 0.100. The molecule has 0 spiro atoms. The van der Waals surface area contributed by atoms with Gasteiger partial charge in [-0.1, -0.05) is 52.3 Å². The van der Waals surface area contributed by atoms with Crippen molar-refractivity contribution in [3.63, 3.8) is 0 Å². The minimum atomic E-state index is -0.264. The minimum absolute atomic E-state index is 0.172. The lowest BCUT2D eigenvalue weighted by atomic mass is 10.2. The van der Waals surface area contributed by atoms with Gasteiger partial charge in [0, 0.05) is 27.8 Å². The predicted molar refractivity (Wildman–Crippen MR) is 106 cm³/mol. The Morgan fingerprint density at radius 1 is 0.880 bits per heavy atom. The van der Waals surface area contributed by atoms with Crippen molar-refractivity contribution in [3.8, 4) is 5.75 Å². The Bertz CT molecular complexity index is 856. The van der Waals surface area contributed by atoms with Crippen molar-refractivity contribution in [2.45, 2.75) is 13.2 Å². The summed E-state index contributed by atoms with van der Waals surface area (Å²) in [7, 11) is 0. The second-order valence-electron chi connectivity index (χ2n) is 5.48. The summed E-state index contributed by atoms with van der Waals surface area (Å²) in [6, 6.07) is 20.5. The fourth-order valence-electron chi connectivity index (χ4n) is 2.43. The van der Waals surface area contributed by atoms with Gasteiger partial charge in [0.15, 0.2) is 0 Å². The molecule has 0 unspecified atom stereocenters. The molecular weight excluding hydrogens is 449 g/mol. The van der Waals surface area contributed by atoms with E-state index in [1.165, 1.54) is 6.07 Å². The van der Waals surface area contributed by atoms with Crippen LogP contribution in [0.1, 0.15) is 11.1 Å². The Labute approximate surface area is 163 Å². The highest BCUT2D eigenvalue weighted by atomic mass is 79.9. The number of anilines is 1. The zero-order chi connectivity index (χ0) is 17.6. The average molecular weight is 465 g/mol. The second kappa shape index (κ2) is 8.50. The van der Waals surface area contributed by atoms with Crippen molar-refractivity contribution in [2.75, 3.05) is 5.32 Å². The Morgan fingerprint density at radius 2 is 1.60 bits per heavy atom. The molecule has 0 saturated heterocycles. The van der Waals surface area contributed by atoms with Crippen LogP contribution in [-0.4, -0.2) is 0 Å². The van der Waals surface area contributed by atoms with Gasteiger partial charge in [-0.15, -0.1) is 0 Å². The van der Waals surface area contributed by atoms with Crippen LogP contribution in [-0.2, 0) is 13.2 Å². The van der Waals surface area contributed by atoms with Crippen LogP contribution in [0, 0.1) is 5.82 Å². The first-order chi connectivity index (χ1) is 12.1. The number of hydrogen-bond acceptors (Lipinski definition) is 2. The molecule has 0 bridgehead atoms. The molecule has 0 aliphatic carbocycles. The van der Waals surface area contributed by atoms with Crippen LogP contribution in [0.2, 0.25) is 0 Å². The molecule has 5 heteroatoms. The van der Waals surface area contributed by atoms with Crippen molar-refractivity contribution in [3.05, 3.63) is 92.6 Å². The minimum Gasteiger partial charge on any atom is -0.487 e. The van der Waals surface area contributed by atoms with Crippen LogP contribution in [0.5, 0.6) is 5.75 Å². The number of halogens is 3. The van der Waals surface area contributed by atoms with E-state index in [1.54, 1.807) is 18.2 Å². The number of rotatable bonds is 6. The van der Waals surface area contributed by atoms with Crippen molar-refractivity contribution in [1.29, 1.82) is 0 Å². The van der Waals surface area contributed by atoms with Gasteiger partial charge in [-0.05, 0) is 46.3 Å². The first-order valence-corrected chi connectivity index (χ1v) is 9.35. The fourth-order valence-corrected chi connectivity index (χ4v) is 3.85. The van der Waals surface area contributed by atoms with Crippen molar-refractivity contribution < 1.29 is 9.13 Å². The molecule has 0 aliphatic rings. The van der Waals surface area contributed by atoms with E-state index >= 15 is 0 Å². The van der Waals surface area contributed by atoms with Crippen LogP contribution >= 0.6 is 31.9 Å². The van der Waals surface area contributed by atoms with Crippen molar-refractivity contribution in [1.82, 2.24) is 0 Å². The highest BCUT2D eigenvalue weighted by Gasteiger charge is 2.12. The molecule has 0 aliphatic heterocycles. The lowest BCUT2D eigenvalue weighted by molar-refractivity contribution is 0.295. The van der Waals surface area contributed by atoms with Crippen molar-refractivity contribution in [2.24, 2.45) is 0 Å². The van der Waals surface area contributed by atoms with Gasteiger partial charge < -0.3 is 10.1 Å². The molecule has 0 heterocycles. The summed E-state index contributed by atoms with van der Waals surface area (Å²) in [4.78, 5) is 0. The zero-order valence-corrected chi connectivity index (χ0v) is 16.5. The molecule has 0 aromatic heterocycles. The third-order valence-electron chi connectivity index (χ3n) is 3.67. The zero-order valence-electron chi connectivity index (χ0n) is 13.3. The van der Waals surface area contributed by atoms with Gasteiger partial charge in [-0.2, -0.15) is 0 Å². The van der Waals surface area contributed by atoms with Gasteiger partial charge in [-0.3, -0.25) is 0 Å². The molecule has 2 nitrogen and oxygen atoms in total. The van der Waals surface area contributed by atoms with Gasteiger partial charge in [0.2, 0.25) is 0 Å². The van der Waals surface area contributed by atoms with Gasteiger partial charge in [0.1, 0.15) is 18.2 Å². The third-order valence-corrected chi connectivity index (χ3v) is 4.72. The maximum Gasteiger partial charge on any atom is 0.139 e. The summed E-state index contributed by atoms with van der Waals surface area (Å²) in [6.45, 7) is 0.764. The number of benzene rings is 3. The summed E-state index contributed by atoms with van der Waals surface area (Å²) >= 11 is 7.05. The standard InChI is InChI=1S/C20H16Br2FNO/c21-16-10-15(12-24-17-7-2-1-3-8-17)20(18(22)11-16)25-13-14-6-4-5-9-19(14)23/h1-11,24H,12-13H2. The van der Waals surface area contributed by atoms with E-state index in [4.69, 9.17) is 4.74 Å². The maximum atomic E-state index is 13.8. The van der Waals surface area contributed by atoms with E-state index in [0.717, 1.165) is 20.2 Å². The first kappa shape index (κ1) is 18.0. The van der Waals surface area contributed by atoms with E-state index < -0.39 is 0 Å². The van der Waals surface area contributed by atoms with E-state index in [1.807, 2.05) is 42.5 Å². The lowest BCUT2D eigenvalue weighted by Crippen LogP contribution is -2.05. The van der Waals surface area contributed by atoms with Crippen LogP contribution in [0.25, 0.3) is 0 Å². The third kappa shape index (κ3) is 4.83. The molecule has 3 rings (SSSR count). The second-order valence-corrected chi connectivity index (χ2v) is 7.25. The molecule has 0 radical (unpaired) electrons. The lowest BCUT2D eigenvalue weighted by Gasteiger charge is -2.16. The van der Waals surface area contributed by atoms with E-state index in [-0.39, 0.29) is 12.4 Å². The average Bonchev–Trinajstić information content (AvgIpc) is 2.61. The van der Waals surface area contributed by atoms with E-state index in [2.05, 4.69) is 37.2 Å². The van der Waals surface area contributed by atoms with Gasteiger partial charge in [0.25, 0.3) is 0 Å². The highest BCUT2D eigenvalue weighted by molar-refractivity contribution is 9.11. The van der Waals surface area contributed by atoms with Crippen LogP contribution in [0.4, 0.5) is 10.1 Å². The summed E-state index contributed by atoms with van der Waals surface area (Å²) in [5.74, 6) is 0.439. The van der Waals surface area contributed by atoms with Gasteiger partial charge >= 0.3 is 0 Å². The molecule has 0 amide bonds. The number of para-hydroxylation sites is 1. The molecular formula is C20H16Br2FNO. The Kier molecular flexibility index (Phi) is 6.10. The maximum absolute atomic E-state index is 13.8. The summed E-state index contributed by atoms with van der Waals surface area (Å²) < 4.78 is 21.5. The molecule has 0 saturated carbocycles. The topological polar surface area (TPSA) is 21.3 Å². The van der Waals surface area contributed by atoms with Gasteiger partial charge in [0.05, 0.1) is 4.47 Å². The quantitative estimate of drug-likeness (QED) is 0.447. The van der Waals surface area contributed by atoms with E-state index in [0.29, 0.717) is 17.9 Å². The summed E-state index contributed by atoms with van der Waals surface area (Å²) in [5, 5.41) is 3.37. The van der Waals surface area contributed by atoms with Gasteiger partial charge in [-0.25, -0.2) is 4.39 Å². The summed E-state index contributed by atoms with van der Waals surface area (Å²) in [5.41, 5.74) is 2.53. The number of hydrogen-bond donors (Lipinski definition) is 1. The molecule has 3 aromatic rings. The Morgan fingerprint density at radius 3 is 2.36 bits per heavy atom. The monoisotopic (exact) mass is 463 g/mol. The SMILES string of the molecule is Fc1ccccc1COc1c(Br)cc(Br)cc1CNc1ccccc1. The molecule has 3 aromatic carbocycles. The normalized spacial score (nSPS) is 10.5. The molecule has 0 atom stereocenters. The first-order valence-electron chi connectivity index (χ1n) is 7.76. The molecule has 128 valence electrons. The van der Waals surface area contributed by atoms with Crippen LogP contribution in [0.15, 0.2) is 75.7 Å². The van der Waals surface area contributed by atoms with E-state index in [9.17, 15) is 4.39 Å². The van der Waals surface area contributed by atoms with Crippen LogP contribution in [0.3, 0.4) is 0 Å². The molecule has 0 fully saturated rings. The number of nitrogens with one attached hydrogen (secondary N) is 1. The van der Waals surface area contributed by atoms with Crippen molar-refractivity contribution >= 4 is 37.5 Å². The smallest absolute Gasteiger partial charge is 0.139 e. The van der Waals surface area contributed by atoms with Crippen LogP contribution < -0.4 is 10.1 Å². The predicted octanol–water partition coefficient (Wildman–Crippen LogP) is 6.54. The molecule has 25 heavy (non-hydrogen) atoms. The number of ether oxygens (including phenoxy) is 1. The Balaban J connectivity index is 1.79. The summed E-state index contributed by atoms with van der Waals surface area (Å²) in [6.07, 6.45) is 0. The highest BCUT2D eigenvalue weighted by Crippen LogP contribution is 2.34. The largest absolute Gasteiger partial charge is 0.487 e. The molecule has 1 N–H and O–H groups in total.